The summed E-state index contributed by atoms with van der Waals surface area (Å²) in [5.74, 6) is -0.319. The monoisotopic (exact) mass is 352 g/mol. The van der Waals surface area contributed by atoms with Crippen molar-refractivity contribution in [1.82, 2.24) is 0 Å². The normalized spacial score (nSPS) is 23.3. The van der Waals surface area contributed by atoms with Crippen LogP contribution in [0, 0.1) is 5.41 Å². The van der Waals surface area contributed by atoms with E-state index in [2.05, 4.69) is 28.9 Å². The highest BCUT2D eigenvalue weighted by Crippen LogP contribution is 2.45. The molecule has 0 heterocycles. The van der Waals surface area contributed by atoms with E-state index in [1.807, 2.05) is 30.3 Å². The summed E-state index contributed by atoms with van der Waals surface area (Å²) in [6.45, 7) is 2.45. The number of ether oxygens (including phenoxy) is 2. The molecule has 0 radical (unpaired) electrons. The van der Waals surface area contributed by atoms with Crippen molar-refractivity contribution in [2.24, 2.45) is 5.41 Å². The minimum atomic E-state index is -0.603. The summed E-state index contributed by atoms with van der Waals surface area (Å²) in [5.41, 5.74) is 0.686. The second kappa shape index (κ2) is 7.23. The van der Waals surface area contributed by atoms with E-state index in [0.717, 1.165) is 29.3 Å². The van der Waals surface area contributed by atoms with Gasteiger partial charge in [0.25, 0.3) is 0 Å². The maximum absolute atomic E-state index is 12.2. The molecular weight excluding hydrogens is 332 g/mol. The molecule has 3 nitrogen and oxygen atoms in total. The van der Waals surface area contributed by atoms with Crippen molar-refractivity contribution in [3.05, 3.63) is 46.5 Å². The molecule has 0 spiro atoms. The Balaban J connectivity index is 2.17. The van der Waals surface area contributed by atoms with Crippen LogP contribution < -0.4 is 0 Å². The minimum Gasteiger partial charge on any atom is -0.467 e. The predicted molar refractivity (Wildman–Crippen MR) is 86.0 cm³/mol. The number of hydrogen-bond acceptors (Lipinski definition) is 3. The van der Waals surface area contributed by atoms with E-state index in [4.69, 9.17) is 9.47 Å². The molecule has 0 fully saturated rings. The van der Waals surface area contributed by atoms with E-state index in [-0.39, 0.29) is 11.4 Å². The van der Waals surface area contributed by atoms with Gasteiger partial charge in [-0.05, 0) is 24.8 Å². The standard InChI is InChI=1S/C17H21BrO3/c1-17(11-7-6-10-14(17)18)15(16(19)20-2)21-12-13-8-4-3-5-9-13/h3-5,8-10,15H,6-7,11-12H2,1-2H3/t15-,17+/m0/s1. The highest BCUT2D eigenvalue weighted by Gasteiger charge is 2.43. The van der Waals surface area contributed by atoms with Crippen molar-refractivity contribution in [3.8, 4) is 0 Å². The molecule has 21 heavy (non-hydrogen) atoms. The van der Waals surface area contributed by atoms with E-state index in [1.165, 1.54) is 7.11 Å². The Morgan fingerprint density at radius 1 is 1.38 bits per heavy atom. The van der Waals surface area contributed by atoms with Gasteiger partial charge in [0.1, 0.15) is 0 Å². The van der Waals surface area contributed by atoms with Crippen molar-refractivity contribution in [2.45, 2.75) is 38.9 Å². The molecule has 0 unspecified atom stereocenters. The maximum Gasteiger partial charge on any atom is 0.335 e. The van der Waals surface area contributed by atoms with Gasteiger partial charge in [0.2, 0.25) is 0 Å². The van der Waals surface area contributed by atoms with E-state index < -0.39 is 6.10 Å². The van der Waals surface area contributed by atoms with Crippen LogP contribution in [0.1, 0.15) is 31.7 Å². The molecule has 0 amide bonds. The van der Waals surface area contributed by atoms with Crippen LogP contribution in [0.4, 0.5) is 0 Å². The topological polar surface area (TPSA) is 35.5 Å². The molecule has 0 N–H and O–H groups in total. The van der Waals surface area contributed by atoms with Gasteiger partial charge in [0.15, 0.2) is 6.10 Å². The Morgan fingerprint density at radius 3 is 2.71 bits per heavy atom. The molecule has 1 aromatic rings. The predicted octanol–water partition coefficient (Wildman–Crippen LogP) is 4.21. The molecule has 0 aromatic heterocycles. The van der Waals surface area contributed by atoms with Gasteiger partial charge in [-0.1, -0.05) is 59.3 Å². The lowest BCUT2D eigenvalue weighted by Crippen LogP contribution is -2.42. The van der Waals surface area contributed by atoms with Crippen molar-refractivity contribution >= 4 is 21.9 Å². The summed E-state index contributed by atoms with van der Waals surface area (Å²) in [7, 11) is 1.41. The molecule has 0 saturated carbocycles. The zero-order chi connectivity index (χ0) is 15.3. The lowest BCUT2D eigenvalue weighted by atomic mass is 9.76. The first-order chi connectivity index (χ1) is 10.1. The Morgan fingerprint density at radius 2 is 2.10 bits per heavy atom. The summed E-state index contributed by atoms with van der Waals surface area (Å²) in [6, 6.07) is 9.86. The second-order valence-corrected chi connectivity index (χ2v) is 6.42. The number of hydrogen-bond donors (Lipinski definition) is 0. The van der Waals surface area contributed by atoms with Crippen LogP contribution in [0.3, 0.4) is 0 Å². The zero-order valence-corrected chi connectivity index (χ0v) is 14.1. The molecule has 2 rings (SSSR count). The quantitative estimate of drug-likeness (QED) is 0.744. The fraction of sp³-hybridized carbons (Fsp3) is 0.471. The Bertz CT molecular complexity index is 512. The Hall–Kier alpha value is -1.13. The molecule has 2 atom stereocenters. The smallest absolute Gasteiger partial charge is 0.335 e. The van der Waals surface area contributed by atoms with Crippen molar-refractivity contribution in [1.29, 1.82) is 0 Å². The van der Waals surface area contributed by atoms with Crippen molar-refractivity contribution in [2.75, 3.05) is 7.11 Å². The Kier molecular flexibility index (Phi) is 5.59. The molecule has 0 aliphatic heterocycles. The lowest BCUT2D eigenvalue weighted by Gasteiger charge is -2.38. The highest BCUT2D eigenvalue weighted by atomic mass is 79.9. The van der Waals surface area contributed by atoms with Gasteiger partial charge in [-0.15, -0.1) is 0 Å². The third-order valence-electron chi connectivity index (χ3n) is 4.02. The van der Waals surface area contributed by atoms with Gasteiger partial charge in [-0.2, -0.15) is 0 Å². The van der Waals surface area contributed by atoms with E-state index in [1.54, 1.807) is 0 Å². The molecule has 0 saturated heterocycles. The van der Waals surface area contributed by atoms with Gasteiger partial charge in [-0.3, -0.25) is 0 Å². The number of carbonyl (C=O) groups is 1. The molecule has 0 bridgehead atoms. The van der Waals surface area contributed by atoms with E-state index in [0.29, 0.717) is 6.61 Å². The van der Waals surface area contributed by atoms with Gasteiger partial charge in [0.05, 0.1) is 13.7 Å². The molecule has 1 aromatic carbocycles. The lowest BCUT2D eigenvalue weighted by molar-refractivity contribution is -0.163. The average Bonchev–Trinajstić information content (AvgIpc) is 2.51. The number of carbonyl (C=O) groups excluding carboxylic acids is 1. The fourth-order valence-corrected chi connectivity index (χ4v) is 3.31. The van der Waals surface area contributed by atoms with Crippen LogP contribution in [0.5, 0.6) is 0 Å². The van der Waals surface area contributed by atoms with Crippen molar-refractivity contribution < 1.29 is 14.3 Å². The third-order valence-corrected chi connectivity index (χ3v) is 5.25. The van der Waals surface area contributed by atoms with E-state index in [9.17, 15) is 4.79 Å². The third kappa shape index (κ3) is 3.74. The van der Waals surface area contributed by atoms with Gasteiger partial charge in [0, 0.05) is 9.90 Å². The molecule has 1 aliphatic rings. The number of benzene rings is 1. The first kappa shape index (κ1) is 16.2. The molecule has 4 heteroatoms. The summed E-state index contributed by atoms with van der Waals surface area (Å²) < 4.78 is 11.9. The van der Waals surface area contributed by atoms with Gasteiger partial charge >= 0.3 is 5.97 Å². The SMILES string of the molecule is COC(=O)[C@H](OCc1ccccc1)[C@]1(C)CCCC=C1Br. The molecule has 114 valence electrons. The zero-order valence-electron chi connectivity index (χ0n) is 12.5. The number of rotatable bonds is 5. The number of allylic oxidation sites excluding steroid dienone is 1. The van der Waals surface area contributed by atoms with Crippen LogP contribution in [0.2, 0.25) is 0 Å². The van der Waals surface area contributed by atoms with E-state index >= 15 is 0 Å². The van der Waals surface area contributed by atoms with Gasteiger partial charge in [-0.25, -0.2) is 4.79 Å². The maximum atomic E-state index is 12.2. The first-order valence-corrected chi connectivity index (χ1v) is 7.96. The summed E-state index contributed by atoms with van der Waals surface area (Å²) in [5, 5.41) is 0. The Labute approximate surface area is 134 Å². The van der Waals surface area contributed by atoms with Crippen LogP contribution in [-0.2, 0) is 20.9 Å². The average molecular weight is 353 g/mol. The van der Waals surface area contributed by atoms with Crippen molar-refractivity contribution in [3.63, 3.8) is 0 Å². The highest BCUT2D eigenvalue weighted by molar-refractivity contribution is 9.11. The largest absolute Gasteiger partial charge is 0.467 e. The number of halogens is 1. The summed E-state index contributed by atoms with van der Waals surface area (Å²) in [6.07, 6.45) is 4.51. The second-order valence-electron chi connectivity index (χ2n) is 5.56. The summed E-state index contributed by atoms with van der Waals surface area (Å²) in [4.78, 5) is 12.2. The summed E-state index contributed by atoms with van der Waals surface area (Å²) >= 11 is 3.61. The van der Waals surface area contributed by atoms with Crippen LogP contribution in [0.15, 0.2) is 40.9 Å². The molecule has 1 aliphatic carbocycles. The fourth-order valence-electron chi connectivity index (χ4n) is 2.68. The number of methoxy groups -OCH3 is 1. The minimum absolute atomic E-state index is 0.319. The van der Waals surface area contributed by atoms with Gasteiger partial charge < -0.3 is 9.47 Å². The molecular formula is C17H21BrO3. The number of esters is 1. The van der Waals surface area contributed by atoms with Crippen LogP contribution in [0.25, 0.3) is 0 Å². The first-order valence-electron chi connectivity index (χ1n) is 7.17. The van der Waals surface area contributed by atoms with Crippen LogP contribution in [-0.4, -0.2) is 19.2 Å². The van der Waals surface area contributed by atoms with Crippen LogP contribution >= 0.6 is 15.9 Å².